The van der Waals surface area contributed by atoms with E-state index in [1.807, 2.05) is 12.1 Å². The summed E-state index contributed by atoms with van der Waals surface area (Å²) in [6.07, 6.45) is 25.8. The Hall–Kier alpha value is -1.51. The predicted molar refractivity (Wildman–Crippen MR) is 167 cm³/mol. The minimum Gasteiger partial charge on any atom is -0.462 e. The summed E-state index contributed by atoms with van der Waals surface area (Å²) in [7, 11) is 0. The normalized spacial score (nSPS) is 12.0. The van der Waals surface area contributed by atoms with Crippen LogP contribution in [-0.2, 0) is 4.74 Å². The van der Waals surface area contributed by atoms with Crippen LogP contribution in [0.3, 0.4) is 0 Å². The molecular formula is C35H63NO2. The van der Waals surface area contributed by atoms with Crippen LogP contribution < -0.4 is 4.90 Å². The molecule has 0 bridgehead atoms. The van der Waals surface area contributed by atoms with Crippen LogP contribution >= 0.6 is 0 Å². The van der Waals surface area contributed by atoms with Crippen molar-refractivity contribution in [2.45, 2.75) is 156 Å². The van der Waals surface area contributed by atoms with Gasteiger partial charge in [-0.25, -0.2) is 4.79 Å². The van der Waals surface area contributed by atoms with Gasteiger partial charge >= 0.3 is 5.97 Å². The van der Waals surface area contributed by atoms with E-state index in [1.54, 1.807) is 0 Å². The molecule has 1 rings (SSSR count). The number of unbranched alkanes of at least 4 members (excludes halogenated alkanes) is 15. The molecule has 1 aromatic rings. The zero-order valence-electron chi connectivity index (χ0n) is 25.9. The first-order valence-corrected chi connectivity index (χ1v) is 16.7. The van der Waals surface area contributed by atoms with E-state index in [-0.39, 0.29) is 5.97 Å². The molecule has 1 aromatic carbocycles. The van der Waals surface area contributed by atoms with Gasteiger partial charge in [0.05, 0.1) is 17.9 Å². The van der Waals surface area contributed by atoms with Crippen molar-refractivity contribution in [3.8, 4) is 0 Å². The molecule has 0 heterocycles. The Bertz CT molecular complexity index is 654. The second kappa shape index (κ2) is 24.5. The van der Waals surface area contributed by atoms with Gasteiger partial charge in [-0.05, 0) is 37.3 Å². The van der Waals surface area contributed by atoms with Crippen LogP contribution in [0.5, 0.6) is 0 Å². The number of para-hydroxylation sites is 1. The van der Waals surface area contributed by atoms with Gasteiger partial charge in [0, 0.05) is 13.1 Å². The highest BCUT2D eigenvalue weighted by Crippen LogP contribution is 2.24. The molecule has 0 fully saturated rings. The fraction of sp³-hybridized carbons (Fsp3) is 0.800. The van der Waals surface area contributed by atoms with Crippen molar-refractivity contribution in [2.75, 3.05) is 24.6 Å². The fourth-order valence-electron chi connectivity index (χ4n) is 5.32. The lowest BCUT2D eigenvalue weighted by Gasteiger charge is -2.27. The molecule has 1 unspecified atom stereocenters. The maximum absolute atomic E-state index is 13.2. The molecule has 0 N–H and O–H groups in total. The number of nitrogens with zero attached hydrogens (tertiary/aromatic N) is 1. The number of rotatable bonds is 26. The van der Waals surface area contributed by atoms with Gasteiger partial charge in [-0.15, -0.1) is 0 Å². The minimum atomic E-state index is -0.146. The molecule has 0 aliphatic heterocycles. The van der Waals surface area contributed by atoms with Gasteiger partial charge in [0.2, 0.25) is 0 Å². The summed E-state index contributed by atoms with van der Waals surface area (Å²) in [4.78, 5) is 15.7. The zero-order valence-corrected chi connectivity index (χ0v) is 25.9. The Labute approximate surface area is 237 Å². The molecule has 0 aromatic heterocycles. The molecule has 0 aliphatic rings. The molecule has 0 spiro atoms. The predicted octanol–water partition coefficient (Wildman–Crippen LogP) is 11.1. The van der Waals surface area contributed by atoms with Crippen LogP contribution in [0.2, 0.25) is 0 Å². The molecule has 3 heteroatoms. The Morgan fingerprint density at radius 3 is 1.63 bits per heavy atom. The number of carbonyl (C=O) groups excluding carboxylic acids is 1. The molecular weight excluding hydrogens is 466 g/mol. The first-order chi connectivity index (χ1) is 18.7. The number of esters is 1. The van der Waals surface area contributed by atoms with Gasteiger partial charge in [-0.2, -0.15) is 0 Å². The summed E-state index contributed by atoms with van der Waals surface area (Å²) >= 11 is 0. The van der Waals surface area contributed by atoms with Crippen molar-refractivity contribution < 1.29 is 9.53 Å². The van der Waals surface area contributed by atoms with Crippen molar-refractivity contribution >= 4 is 11.7 Å². The van der Waals surface area contributed by atoms with Crippen molar-refractivity contribution in [2.24, 2.45) is 5.92 Å². The highest BCUT2D eigenvalue weighted by Gasteiger charge is 2.19. The van der Waals surface area contributed by atoms with Crippen LogP contribution in [0.25, 0.3) is 0 Å². The maximum atomic E-state index is 13.2. The van der Waals surface area contributed by atoms with Crippen molar-refractivity contribution in [1.82, 2.24) is 0 Å². The second-order valence-corrected chi connectivity index (χ2v) is 11.5. The Balaban J connectivity index is 2.70. The third kappa shape index (κ3) is 16.5. The van der Waals surface area contributed by atoms with Crippen LogP contribution in [-0.4, -0.2) is 25.7 Å². The second-order valence-electron chi connectivity index (χ2n) is 11.5. The smallest absolute Gasteiger partial charge is 0.340 e. The molecule has 0 saturated carbocycles. The lowest BCUT2D eigenvalue weighted by molar-refractivity contribution is 0.0429. The van der Waals surface area contributed by atoms with E-state index in [9.17, 15) is 4.79 Å². The van der Waals surface area contributed by atoms with Crippen LogP contribution in [0.15, 0.2) is 24.3 Å². The number of ether oxygens (including phenoxy) is 1. The van der Waals surface area contributed by atoms with Crippen LogP contribution in [0.4, 0.5) is 5.69 Å². The Morgan fingerprint density at radius 1 is 0.658 bits per heavy atom. The van der Waals surface area contributed by atoms with E-state index in [0.717, 1.165) is 37.2 Å². The van der Waals surface area contributed by atoms with E-state index >= 15 is 0 Å². The lowest BCUT2D eigenvalue weighted by Crippen LogP contribution is -2.28. The zero-order chi connectivity index (χ0) is 27.7. The molecule has 1 atom stereocenters. The molecule has 3 nitrogen and oxygen atoms in total. The number of anilines is 1. The van der Waals surface area contributed by atoms with Crippen LogP contribution in [0.1, 0.15) is 166 Å². The van der Waals surface area contributed by atoms with E-state index in [4.69, 9.17) is 4.74 Å². The fourth-order valence-corrected chi connectivity index (χ4v) is 5.32. The highest BCUT2D eigenvalue weighted by atomic mass is 16.5. The number of carbonyl (C=O) groups is 1. The van der Waals surface area contributed by atoms with E-state index in [0.29, 0.717) is 12.5 Å². The summed E-state index contributed by atoms with van der Waals surface area (Å²) < 4.78 is 5.88. The average molecular weight is 530 g/mol. The Kier molecular flexibility index (Phi) is 22.3. The third-order valence-corrected chi connectivity index (χ3v) is 8.02. The molecule has 0 radical (unpaired) electrons. The van der Waals surface area contributed by atoms with Gasteiger partial charge in [0.15, 0.2) is 0 Å². The lowest BCUT2D eigenvalue weighted by atomic mass is 10.0. The van der Waals surface area contributed by atoms with Gasteiger partial charge in [-0.1, -0.05) is 149 Å². The molecule has 38 heavy (non-hydrogen) atoms. The number of hydrogen-bond acceptors (Lipinski definition) is 3. The van der Waals surface area contributed by atoms with E-state index in [2.05, 4.69) is 44.7 Å². The monoisotopic (exact) mass is 529 g/mol. The van der Waals surface area contributed by atoms with Gasteiger partial charge < -0.3 is 9.64 Å². The van der Waals surface area contributed by atoms with Crippen molar-refractivity contribution in [3.63, 3.8) is 0 Å². The average Bonchev–Trinajstić information content (AvgIpc) is 2.94. The molecule has 0 saturated heterocycles. The summed E-state index contributed by atoms with van der Waals surface area (Å²) in [5, 5.41) is 0. The topological polar surface area (TPSA) is 29.5 Å². The Morgan fingerprint density at radius 2 is 1.13 bits per heavy atom. The van der Waals surface area contributed by atoms with E-state index < -0.39 is 0 Å². The van der Waals surface area contributed by atoms with Gasteiger partial charge in [0.1, 0.15) is 0 Å². The van der Waals surface area contributed by atoms with Gasteiger partial charge in [-0.3, -0.25) is 0 Å². The maximum Gasteiger partial charge on any atom is 0.340 e. The molecule has 0 amide bonds. The quantitative estimate of drug-likeness (QED) is 0.0882. The summed E-state index contributed by atoms with van der Waals surface area (Å²) in [6.45, 7) is 11.6. The van der Waals surface area contributed by atoms with Crippen LogP contribution in [0, 0.1) is 5.92 Å². The van der Waals surface area contributed by atoms with Gasteiger partial charge in [0.25, 0.3) is 0 Å². The first-order valence-electron chi connectivity index (χ1n) is 16.7. The first kappa shape index (κ1) is 34.5. The SMILES string of the molecule is CCCCCCCCCCN(CCCCCCCCCC)c1ccccc1C(=O)OCC(CC)CCCC. The molecule has 220 valence electrons. The van der Waals surface area contributed by atoms with E-state index in [1.165, 1.54) is 116 Å². The highest BCUT2D eigenvalue weighted by molar-refractivity contribution is 5.95. The largest absolute Gasteiger partial charge is 0.462 e. The standard InChI is InChI=1S/C35H63NO2/c1-5-9-12-14-16-18-20-24-29-36(30-25-21-19-17-15-13-10-6-2)34-28-23-22-27-33(34)35(37)38-31-32(8-4)26-11-7-3/h22-23,27-28,32H,5-21,24-26,29-31H2,1-4H3. The number of hydrogen-bond donors (Lipinski definition) is 0. The number of benzene rings is 1. The van der Waals surface area contributed by atoms with Crippen molar-refractivity contribution in [1.29, 1.82) is 0 Å². The molecule has 0 aliphatic carbocycles. The summed E-state index contributed by atoms with van der Waals surface area (Å²) in [6, 6.07) is 8.18. The van der Waals surface area contributed by atoms with Crippen molar-refractivity contribution in [3.05, 3.63) is 29.8 Å². The third-order valence-electron chi connectivity index (χ3n) is 8.02. The minimum absolute atomic E-state index is 0.146. The summed E-state index contributed by atoms with van der Waals surface area (Å²) in [5.41, 5.74) is 1.82. The summed E-state index contributed by atoms with van der Waals surface area (Å²) in [5.74, 6) is 0.323.